The highest BCUT2D eigenvalue weighted by Gasteiger charge is 2.40. The number of ketones is 1. The Labute approximate surface area is 159 Å². The molecule has 1 aliphatic carbocycles. The summed E-state index contributed by atoms with van der Waals surface area (Å²) in [5, 5.41) is 0. The van der Waals surface area contributed by atoms with Crippen molar-refractivity contribution >= 4 is 17.3 Å². The van der Waals surface area contributed by atoms with Crippen molar-refractivity contribution in [3.63, 3.8) is 0 Å². The van der Waals surface area contributed by atoms with Crippen LogP contribution in [0.2, 0.25) is 0 Å². The van der Waals surface area contributed by atoms with Crippen molar-refractivity contribution in [1.29, 1.82) is 0 Å². The smallest absolute Gasteiger partial charge is 0.317 e. The van der Waals surface area contributed by atoms with Crippen LogP contribution in [0.3, 0.4) is 0 Å². The summed E-state index contributed by atoms with van der Waals surface area (Å²) in [6.45, 7) is 4.02. The second kappa shape index (κ2) is 8.21. The minimum Gasteiger partial charge on any atom is -0.497 e. The number of methoxy groups -OCH3 is 1. The van der Waals surface area contributed by atoms with Crippen molar-refractivity contribution in [3.05, 3.63) is 71.3 Å². The largest absolute Gasteiger partial charge is 0.497 e. The quantitative estimate of drug-likeness (QED) is 0.586. The van der Waals surface area contributed by atoms with Crippen molar-refractivity contribution < 1.29 is 19.1 Å². The van der Waals surface area contributed by atoms with E-state index in [9.17, 15) is 9.59 Å². The number of esters is 1. The van der Waals surface area contributed by atoms with Gasteiger partial charge < -0.3 is 9.47 Å². The molecule has 2 aromatic rings. The number of rotatable bonds is 5. The maximum Gasteiger partial charge on any atom is 0.317 e. The van der Waals surface area contributed by atoms with Crippen LogP contribution in [0.5, 0.6) is 5.75 Å². The van der Waals surface area contributed by atoms with Gasteiger partial charge in [-0.25, -0.2) is 0 Å². The van der Waals surface area contributed by atoms with Gasteiger partial charge in [0.25, 0.3) is 0 Å². The molecular weight excluding hydrogens is 340 g/mol. The van der Waals surface area contributed by atoms with Crippen LogP contribution in [0.1, 0.15) is 36.0 Å². The van der Waals surface area contributed by atoms with Gasteiger partial charge in [-0.2, -0.15) is 0 Å². The Hall–Kier alpha value is -2.88. The topological polar surface area (TPSA) is 52.6 Å². The second-order valence-corrected chi connectivity index (χ2v) is 6.70. The fourth-order valence-corrected chi connectivity index (χ4v) is 3.70. The zero-order valence-electron chi connectivity index (χ0n) is 15.9. The summed E-state index contributed by atoms with van der Waals surface area (Å²) in [5.74, 6) is -0.965. The molecule has 0 aliphatic heterocycles. The summed E-state index contributed by atoms with van der Waals surface area (Å²) in [4.78, 5) is 25.5. The Morgan fingerprint density at radius 2 is 1.93 bits per heavy atom. The van der Waals surface area contributed by atoms with Gasteiger partial charge in [0.1, 0.15) is 11.7 Å². The lowest BCUT2D eigenvalue weighted by molar-refractivity contribution is -0.151. The summed E-state index contributed by atoms with van der Waals surface area (Å²) in [7, 11) is 1.62. The predicted molar refractivity (Wildman–Crippen MR) is 105 cm³/mol. The van der Waals surface area contributed by atoms with Gasteiger partial charge in [0.2, 0.25) is 0 Å². The first-order chi connectivity index (χ1) is 13.0. The van der Waals surface area contributed by atoms with E-state index in [0.717, 1.165) is 28.0 Å². The molecule has 140 valence electrons. The molecule has 0 saturated carbocycles. The summed E-state index contributed by atoms with van der Waals surface area (Å²) >= 11 is 0. The Kier molecular flexibility index (Phi) is 5.75. The molecule has 0 saturated heterocycles. The summed E-state index contributed by atoms with van der Waals surface area (Å²) in [6, 6.07) is 15.6. The molecule has 27 heavy (non-hydrogen) atoms. The van der Waals surface area contributed by atoms with Crippen LogP contribution in [0.25, 0.3) is 5.57 Å². The molecule has 0 radical (unpaired) electrons. The van der Waals surface area contributed by atoms with Crippen LogP contribution in [0.15, 0.2) is 54.6 Å². The molecule has 0 unspecified atom stereocenters. The van der Waals surface area contributed by atoms with Crippen molar-refractivity contribution in [2.24, 2.45) is 5.92 Å². The highest BCUT2D eigenvalue weighted by atomic mass is 16.5. The highest BCUT2D eigenvalue weighted by Crippen LogP contribution is 2.41. The van der Waals surface area contributed by atoms with Crippen LogP contribution in [0.4, 0.5) is 0 Å². The van der Waals surface area contributed by atoms with Gasteiger partial charge >= 0.3 is 5.97 Å². The number of ether oxygens (including phenoxy) is 2. The van der Waals surface area contributed by atoms with E-state index in [2.05, 4.69) is 0 Å². The average molecular weight is 364 g/mol. The van der Waals surface area contributed by atoms with Gasteiger partial charge in [0, 0.05) is 5.92 Å². The van der Waals surface area contributed by atoms with Crippen LogP contribution >= 0.6 is 0 Å². The van der Waals surface area contributed by atoms with Crippen LogP contribution in [-0.4, -0.2) is 25.5 Å². The molecule has 3 rings (SSSR count). The Morgan fingerprint density at radius 3 is 2.63 bits per heavy atom. The Bertz CT molecular complexity index is 881. The van der Waals surface area contributed by atoms with Gasteiger partial charge in [0.15, 0.2) is 5.78 Å². The van der Waals surface area contributed by atoms with Crippen molar-refractivity contribution in [2.45, 2.75) is 26.2 Å². The van der Waals surface area contributed by atoms with Gasteiger partial charge in [-0.15, -0.1) is 0 Å². The van der Waals surface area contributed by atoms with Crippen molar-refractivity contribution in [1.82, 2.24) is 0 Å². The fourth-order valence-electron chi connectivity index (χ4n) is 3.70. The number of benzene rings is 2. The number of allylic oxidation sites excluding steroid dienone is 2. The maximum atomic E-state index is 12.9. The lowest BCUT2D eigenvalue weighted by Crippen LogP contribution is -2.34. The van der Waals surface area contributed by atoms with E-state index in [0.29, 0.717) is 6.42 Å². The number of hydrogen-bond donors (Lipinski definition) is 0. The van der Waals surface area contributed by atoms with E-state index in [1.165, 1.54) is 0 Å². The van der Waals surface area contributed by atoms with Crippen LogP contribution in [-0.2, 0) is 14.3 Å². The zero-order valence-corrected chi connectivity index (χ0v) is 15.9. The van der Waals surface area contributed by atoms with Gasteiger partial charge in [-0.05, 0) is 60.7 Å². The monoisotopic (exact) mass is 364 g/mol. The molecule has 0 heterocycles. The minimum absolute atomic E-state index is 0.203. The van der Waals surface area contributed by atoms with Gasteiger partial charge in [-0.1, -0.05) is 36.4 Å². The average Bonchev–Trinajstić information content (AvgIpc) is 2.68. The number of carbonyl (C=O) groups is 2. The first-order valence-corrected chi connectivity index (χ1v) is 9.16. The molecular formula is C23H24O4. The molecule has 0 spiro atoms. The Balaban J connectivity index is 2.05. The van der Waals surface area contributed by atoms with Crippen LogP contribution in [0, 0.1) is 12.8 Å². The molecule has 1 aliphatic rings. The van der Waals surface area contributed by atoms with Gasteiger partial charge in [-0.3, -0.25) is 9.59 Å². The van der Waals surface area contributed by atoms with E-state index in [-0.39, 0.29) is 18.3 Å². The predicted octanol–water partition coefficient (Wildman–Crippen LogP) is 4.32. The number of carbonyl (C=O) groups excluding carboxylic acids is 2. The van der Waals surface area contributed by atoms with Crippen molar-refractivity contribution in [2.75, 3.05) is 13.7 Å². The number of aryl methyl sites for hydroxylation is 1. The highest BCUT2D eigenvalue weighted by molar-refractivity contribution is 6.10. The van der Waals surface area contributed by atoms with Crippen LogP contribution < -0.4 is 4.74 Å². The third-order valence-corrected chi connectivity index (χ3v) is 5.03. The summed E-state index contributed by atoms with van der Waals surface area (Å²) in [6.07, 6.45) is 2.18. The molecule has 0 bridgehead atoms. The SMILES string of the molecule is CCOC(=O)[C@@H]1C(=O)C=C(c2cccc(OC)c2)C[C@H]1c1ccccc1C. The normalized spacial score (nSPS) is 19.4. The standard InChI is InChI=1S/C23H24O4/c1-4-27-23(25)22-20(19-11-6-5-8-15(19)2)13-17(14-21(22)24)16-9-7-10-18(12-16)26-3/h5-12,14,20,22H,4,13H2,1-3H3/t20-,22-/m0/s1. The molecule has 2 aromatic carbocycles. The zero-order chi connectivity index (χ0) is 19.4. The third kappa shape index (κ3) is 3.95. The molecule has 0 aromatic heterocycles. The van der Waals surface area contributed by atoms with E-state index < -0.39 is 11.9 Å². The van der Waals surface area contributed by atoms with E-state index in [4.69, 9.17) is 9.47 Å². The van der Waals surface area contributed by atoms with Gasteiger partial charge in [0.05, 0.1) is 13.7 Å². The molecule has 2 atom stereocenters. The molecule has 0 N–H and O–H groups in total. The minimum atomic E-state index is -0.805. The first-order valence-electron chi connectivity index (χ1n) is 9.16. The molecule has 0 fully saturated rings. The van der Waals surface area contributed by atoms with Crippen molar-refractivity contribution in [3.8, 4) is 5.75 Å². The molecule has 0 amide bonds. The van der Waals surface area contributed by atoms with E-state index >= 15 is 0 Å². The number of hydrogen-bond acceptors (Lipinski definition) is 4. The third-order valence-electron chi connectivity index (χ3n) is 5.03. The first kappa shape index (κ1) is 18.9. The summed E-state index contributed by atoms with van der Waals surface area (Å²) in [5.41, 5.74) is 3.92. The lowest BCUT2D eigenvalue weighted by Gasteiger charge is -2.30. The lowest BCUT2D eigenvalue weighted by atomic mass is 9.72. The fraction of sp³-hybridized carbons (Fsp3) is 0.304. The summed E-state index contributed by atoms with van der Waals surface area (Å²) < 4.78 is 10.5. The molecule has 4 nitrogen and oxygen atoms in total. The second-order valence-electron chi connectivity index (χ2n) is 6.70. The molecule has 4 heteroatoms. The maximum absolute atomic E-state index is 12.9. The Morgan fingerprint density at radius 1 is 1.15 bits per heavy atom. The van der Waals surface area contributed by atoms with E-state index in [1.54, 1.807) is 20.1 Å². The van der Waals surface area contributed by atoms with E-state index in [1.807, 2.05) is 55.5 Å².